The van der Waals surface area contributed by atoms with Crippen molar-refractivity contribution < 1.29 is 19.4 Å². The molecule has 5 rings (SSSR count). The molecular formula is C28H29N5O4S. The van der Waals surface area contributed by atoms with Crippen molar-refractivity contribution in [1.29, 1.82) is 0 Å². The Morgan fingerprint density at radius 1 is 1.11 bits per heavy atom. The molecule has 0 unspecified atom stereocenters. The van der Waals surface area contributed by atoms with E-state index in [0.29, 0.717) is 11.6 Å². The number of hydrogen-bond acceptors (Lipinski definition) is 9. The highest BCUT2D eigenvalue weighted by Crippen LogP contribution is 2.40. The first kappa shape index (κ1) is 25.6. The number of aryl methyl sites for hydroxylation is 1. The number of aromatic nitrogens is 3. The third kappa shape index (κ3) is 4.46. The normalized spacial score (nSPS) is 14.3. The second-order valence-electron chi connectivity index (χ2n) is 9.01. The van der Waals surface area contributed by atoms with Crippen LogP contribution in [0.15, 0.2) is 53.5 Å². The van der Waals surface area contributed by atoms with Crippen molar-refractivity contribution in [1.82, 2.24) is 14.8 Å². The third-order valence-corrected chi connectivity index (χ3v) is 8.06. The molecule has 3 heterocycles. The van der Waals surface area contributed by atoms with E-state index in [1.54, 1.807) is 7.11 Å². The summed E-state index contributed by atoms with van der Waals surface area (Å²) in [7, 11) is 5.02. The van der Waals surface area contributed by atoms with Crippen LogP contribution in [-0.4, -0.2) is 52.8 Å². The first-order valence-corrected chi connectivity index (χ1v) is 13.0. The Morgan fingerprint density at radius 2 is 1.87 bits per heavy atom. The van der Waals surface area contributed by atoms with E-state index < -0.39 is 6.04 Å². The number of fused-ring (bicyclic) bond motifs is 3. The molecule has 2 aromatic heterocycles. The van der Waals surface area contributed by atoms with Gasteiger partial charge in [0, 0.05) is 40.5 Å². The summed E-state index contributed by atoms with van der Waals surface area (Å²) >= 11 is 1.49. The van der Waals surface area contributed by atoms with Crippen LogP contribution in [0.2, 0.25) is 0 Å². The first-order valence-electron chi connectivity index (χ1n) is 12.1. The summed E-state index contributed by atoms with van der Waals surface area (Å²) in [6.45, 7) is 3.78. The zero-order valence-electron chi connectivity index (χ0n) is 21.9. The summed E-state index contributed by atoms with van der Waals surface area (Å²) in [6, 6.07) is 15.4. The number of ether oxygens (including phenoxy) is 2. The minimum Gasteiger partial charge on any atom is -0.497 e. The molecule has 10 heteroatoms. The van der Waals surface area contributed by atoms with E-state index in [0.717, 1.165) is 49.4 Å². The van der Waals surface area contributed by atoms with Gasteiger partial charge in [-0.15, -0.1) is 21.5 Å². The number of methoxy groups -OCH3 is 2. The molecule has 1 aliphatic rings. The Balaban J connectivity index is 1.62. The van der Waals surface area contributed by atoms with E-state index in [-0.39, 0.29) is 19.0 Å². The minimum absolute atomic E-state index is 0.0373. The molecule has 0 saturated carbocycles. The summed E-state index contributed by atoms with van der Waals surface area (Å²) in [5, 5.41) is 19.6. The van der Waals surface area contributed by atoms with Gasteiger partial charge < -0.3 is 19.5 Å². The number of rotatable bonds is 7. The maximum atomic E-state index is 12.3. The van der Waals surface area contributed by atoms with Crippen LogP contribution in [0, 0.1) is 13.8 Å². The van der Waals surface area contributed by atoms with Crippen molar-refractivity contribution >= 4 is 34.4 Å². The Bertz CT molecular complexity index is 1520. The number of aliphatic hydroxyl groups excluding tert-OH is 1. The van der Waals surface area contributed by atoms with Gasteiger partial charge in [-0.25, -0.2) is 0 Å². The van der Waals surface area contributed by atoms with Gasteiger partial charge in [0.25, 0.3) is 0 Å². The third-order valence-electron chi connectivity index (χ3n) is 6.80. The number of carbonyl (C=O) groups excluding carboxylic acids is 1. The van der Waals surface area contributed by atoms with Crippen molar-refractivity contribution in [2.24, 2.45) is 4.99 Å². The quantitative estimate of drug-likeness (QED) is 0.346. The van der Waals surface area contributed by atoms with Gasteiger partial charge in [-0.05, 0) is 43.7 Å². The molecule has 0 aliphatic carbocycles. The Hall–Kier alpha value is -4.02. The van der Waals surface area contributed by atoms with E-state index in [9.17, 15) is 9.90 Å². The molecule has 0 amide bonds. The van der Waals surface area contributed by atoms with Gasteiger partial charge in [0.2, 0.25) is 0 Å². The highest BCUT2D eigenvalue weighted by molar-refractivity contribution is 7.15. The van der Waals surface area contributed by atoms with Gasteiger partial charge in [-0.1, -0.05) is 18.2 Å². The smallest absolute Gasteiger partial charge is 0.308 e. The van der Waals surface area contributed by atoms with Crippen LogP contribution in [0.3, 0.4) is 0 Å². The molecular weight excluding hydrogens is 502 g/mol. The Kier molecular flexibility index (Phi) is 7.00. The number of aliphatic imine (C=N–C) groups is 1. The molecule has 4 aromatic rings. The predicted octanol–water partition coefficient (Wildman–Crippen LogP) is 4.67. The largest absolute Gasteiger partial charge is 0.497 e. The molecule has 1 atom stereocenters. The highest BCUT2D eigenvalue weighted by atomic mass is 32.1. The summed E-state index contributed by atoms with van der Waals surface area (Å²) < 4.78 is 12.3. The molecule has 38 heavy (non-hydrogen) atoms. The van der Waals surface area contributed by atoms with Crippen LogP contribution < -0.4 is 9.64 Å². The van der Waals surface area contributed by atoms with Crippen molar-refractivity contribution in [3.63, 3.8) is 0 Å². The molecule has 0 bridgehead atoms. The standard InChI is InChI=1S/C28H29N5O4S/c1-16-23(15-34)38-28-25(16)26(29-22(14-24(35)37-5)27-31-30-17(2)33(27)28)18-9-11-19(12-10-18)32(3)20-7-6-8-21(13-20)36-4/h6-13,22,34H,14-15H2,1-5H3/t22-/m0/s1. The van der Waals surface area contributed by atoms with E-state index in [4.69, 9.17) is 14.5 Å². The van der Waals surface area contributed by atoms with Gasteiger partial charge in [0.05, 0.1) is 33.0 Å². The van der Waals surface area contributed by atoms with Crippen LogP contribution in [0.25, 0.3) is 5.00 Å². The number of hydrogen-bond donors (Lipinski definition) is 1. The lowest BCUT2D eigenvalue weighted by molar-refractivity contribution is -0.141. The lowest BCUT2D eigenvalue weighted by Gasteiger charge is -2.20. The van der Waals surface area contributed by atoms with Crippen LogP contribution in [0.5, 0.6) is 5.75 Å². The maximum absolute atomic E-state index is 12.3. The number of benzene rings is 2. The summed E-state index contributed by atoms with van der Waals surface area (Å²) in [6.07, 6.45) is 0.0373. The monoisotopic (exact) mass is 531 g/mol. The number of esters is 1. The SMILES string of the molecule is COC(=O)C[C@@H]1N=C(c2ccc(N(C)c3cccc(OC)c3)cc2)c2c(sc(CO)c2C)-n2c(C)nnc21. The molecule has 2 aromatic carbocycles. The maximum Gasteiger partial charge on any atom is 0.308 e. The van der Waals surface area contributed by atoms with Crippen molar-refractivity contribution in [2.45, 2.75) is 32.9 Å². The lowest BCUT2D eigenvalue weighted by atomic mass is 9.99. The summed E-state index contributed by atoms with van der Waals surface area (Å²) in [4.78, 5) is 20.3. The van der Waals surface area contributed by atoms with E-state index in [1.807, 2.05) is 74.0 Å². The van der Waals surface area contributed by atoms with Gasteiger partial charge in [0.15, 0.2) is 5.82 Å². The molecule has 0 radical (unpaired) electrons. The van der Waals surface area contributed by atoms with Crippen LogP contribution in [0.1, 0.15) is 45.7 Å². The van der Waals surface area contributed by atoms with Crippen LogP contribution in [0.4, 0.5) is 11.4 Å². The van der Waals surface area contributed by atoms with Crippen LogP contribution >= 0.6 is 11.3 Å². The molecule has 0 saturated heterocycles. The van der Waals surface area contributed by atoms with Crippen molar-refractivity contribution in [3.05, 3.63) is 81.7 Å². The van der Waals surface area contributed by atoms with Crippen molar-refractivity contribution in [2.75, 3.05) is 26.2 Å². The number of carbonyl (C=O) groups is 1. The zero-order valence-corrected chi connectivity index (χ0v) is 22.7. The Morgan fingerprint density at radius 3 is 2.55 bits per heavy atom. The minimum atomic E-state index is -0.575. The second-order valence-corrected chi connectivity index (χ2v) is 10.1. The zero-order chi connectivity index (χ0) is 27.0. The van der Waals surface area contributed by atoms with Gasteiger partial charge in [-0.3, -0.25) is 14.4 Å². The number of thiophene rings is 1. The van der Waals surface area contributed by atoms with Gasteiger partial charge in [0.1, 0.15) is 22.6 Å². The molecule has 1 N–H and O–H groups in total. The van der Waals surface area contributed by atoms with Gasteiger partial charge >= 0.3 is 5.97 Å². The fourth-order valence-electron chi connectivity index (χ4n) is 4.66. The summed E-state index contributed by atoms with van der Waals surface area (Å²) in [5.41, 5.74) is 5.48. The lowest BCUT2D eigenvalue weighted by Crippen LogP contribution is -2.12. The van der Waals surface area contributed by atoms with E-state index >= 15 is 0 Å². The molecule has 0 spiro atoms. The first-order chi connectivity index (χ1) is 18.4. The topological polar surface area (TPSA) is 102 Å². The fraction of sp³-hybridized carbons (Fsp3) is 0.286. The van der Waals surface area contributed by atoms with Gasteiger partial charge in [-0.2, -0.15) is 0 Å². The van der Waals surface area contributed by atoms with Crippen molar-refractivity contribution in [3.8, 4) is 10.8 Å². The average Bonchev–Trinajstić information content (AvgIpc) is 3.45. The number of aliphatic hydroxyl groups is 1. The predicted molar refractivity (Wildman–Crippen MR) is 147 cm³/mol. The second kappa shape index (κ2) is 10.4. The Labute approximate surface area is 225 Å². The molecule has 0 fully saturated rings. The van der Waals surface area contributed by atoms with E-state index in [2.05, 4.69) is 15.1 Å². The molecule has 9 nitrogen and oxygen atoms in total. The molecule has 196 valence electrons. The molecule has 1 aliphatic heterocycles. The van der Waals surface area contributed by atoms with Crippen LogP contribution in [-0.2, 0) is 16.1 Å². The highest BCUT2D eigenvalue weighted by Gasteiger charge is 2.33. The number of nitrogens with zero attached hydrogens (tertiary/aromatic N) is 5. The number of anilines is 2. The average molecular weight is 532 g/mol. The summed E-state index contributed by atoms with van der Waals surface area (Å²) in [5.74, 6) is 1.68. The fourth-order valence-corrected chi connectivity index (χ4v) is 5.88. The van der Waals surface area contributed by atoms with E-state index in [1.165, 1.54) is 18.4 Å².